The van der Waals surface area contributed by atoms with Gasteiger partial charge in [0.1, 0.15) is 6.04 Å². The van der Waals surface area contributed by atoms with Gasteiger partial charge in [0.25, 0.3) is 0 Å². The Balaban J connectivity index is 1.70. The van der Waals surface area contributed by atoms with E-state index < -0.39 is 23.8 Å². The smallest absolute Gasteiger partial charge is 0.416 e. The maximum absolute atomic E-state index is 13.4. The minimum absolute atomic E-state index is 0.0374. The third-order valence-electron chi connectivity index (χ3n) is 6.64. The van der Waals surface area contributed by atoms with Crippen molar-refractivity contribution >= 4 is 11.7 Å². The zero-order chi connectivity index (χ0) is 22.3. The first-order chi connectivity index (χ1) is 14.6. The van der Waals surface area contributed by atoms with Crippen LogP contribution in [0.2, 0.25) is 0 Å². The van der Waals surface area contributed by atoms with Crippen LogP contribution in [0.25, 0.3) is 0 Å². The average molecular weight is 432 g/mol. The molecule has 0 bridgehead atoms. The summed E-state index contributed by atoms with van der Waals surface area (Å²) in [5, 5.41) is 16.3. The lowest BCUT2D eigenvalue weighted by Gasteiger charge is -2.38. The van der Waals surface area contributed by atoms with Crippen molar-refractivity contribution in [3.8, 4) is 0 Å². The monoisotopic (exact) mass is 432 g/mol. The van der Waals surface area contributed by atoms with E-state index in [9.17, 15) is 23.1 Å². The SMILES string of the molecule is CC(C)C(NC1C[C@@H]2[C@H](C1)c1cc(C(F)(F)F)ccc1N[C@H]2c1ccccc1)C(=O)O. The summed E-state index contributed by atoms with van der Waals surface area (Å²) in [5.41, 5.74) is 1.84. The van der Waals surface area contributed by atoms with E-state index in [1.54, 1.807) is 0 Å². The quantitative estimate of drug-likeness (QED) is 0.589. The Morgan fingerprint density at radius 2 is 1.84 bits per heavy atom. The largest absolute Gasteiger partial charge is 0.480 e. The van der Waals surface area contributed by atoms with E-state index in [1.165, 1.54) is 12.1 Å². The number of aliphatic carboxylic acids is 1. The van der Waals surface area contributed by atoms with E-state index in [2.05, 4.69) is 10.6 Å². The normalized spacial score (nSPS) is 26.1. The summed E-state index contributed by atoms with van der Waals surface area (Å²) in [6.07, 6.45) is -3.09. The molecule has 3 N–H and O–H groups in total. The number of hydrogen-bond acceptors (Lipinski definition) is 3. The van der Waals surface area contributed by atoms with Gasteiger partial charge in [-0.1, -0.05) is 44.2 Å². The summed E-state index contributed by atoms with van der Waals surface area (Å²) < 4.78 is 40.1. The number of carbonyl (C=O) groups is 1. The Bertz CT molecular complexity index is 946. The number of benzene rings is 2. The summed E-state index contributed by atoms with van der Waals surface area (Å²) in [6, 6.07) is 13.0. The first kappa shape index (κ1) is 21.7. The molecule has 1 aliphatic carbocycles. The Labute approximate surface area is 179 Å². The van der Waals surface area contributed by atoms with E-state index in [-0.39, 0.29) is 29.8 Å². The van der Waals surface area contributed by atoms with Crippen molar-refractivity contribution in [1.82, 2.24) is 5.32 Å². The molecular weight excluding hydrogens is 405 g/mol. The van der Waals surface area contributed by atoms with Crippen molar-refractivity contribution in [3.05, 3.63) is 65.2 Å². The van der Waals surface area contributed by atoms with Crippen molar-refractivity contribution in [3.63, 3.8) is 0 Å². The Kier molecular flexibility index (Phi) is 5.73. The van der Waals surface area contributed by atoms with Crippen LogP contribution in [-0.2, 0) is 11.0 Å². The Morgan fingerprint density at radius 1 is 1.13 bits per heavy atom. The first-order valence-corrected chi connectivity index (χ1v) is 10.7. The zero-order valence-corrected chi connectivity index (χ0v) is 17.5. The molecule has 5 atom stereocenters. The molecule has 1 aliphatic heterocycles. The number of rotatable bonds is 5. The van der Waals surface area contributed by atoms with Gasteiger partial charge in [-0.2, -0.15) is 13.2 Å². The van der Waals surface area contributed by atoms with Crippen molar-refractivity contribution in [2.45, 2.75) is 56.9 Å². The molecule has 1 saturated carbocycles. The fourth-order valence-electron chi connectivity index (χ4n) is 5.18. The molecule has 31 heavy (non-hydrogen) atoms. The summed E-state index contributed by atoms with van der Waals surface area (Å²) in [7, 11) is 0. The fourth-order valence-corrected chi connectivity index (χ4v) is 5.18. The van der Waals surface area contributed by atoms with Gasteiger partial charge >= 0.3 is 12.1 Å². The van der Waals surface area contributed by atoms with Crippen LogP contribution < -0.4 is 10.6 Å². The summed E-state index contributed by atoms with van der Waals surface area (Å²) in [5.74, 6) is -1.00. The van der Waals surface area contributed by atoms with Crippen molar-refractivity contribution in [1.29, 1.82) is 0 Å². The predicted molar refractivity (Wildman–Crippen MR) is 113 cm³/mol. The van der Waals surface area contributed by atoms with Crippen molar-refractivity contribution in [2.75, 3.05) is 5.32 Å². The highest BCUT2D eigenvalue weighted by Gasteiger charge is 2.46. The molecule has 1 heterocycles. The molecule has 2 aromatic carbocycles. The average Bonchev–Trinajstić information content (AvgIpc) is 3.14. The fraction of sp³-hybridized carbons (Fsp3) is 0.458. The van der Waals surface area contributed by atoms with Gasteiger partial charge in [-0.25, -0.2) is 0 Å². The molecule has 4 nitrogen and oxygen atoms in total. The highest BCUT2D eigenvalue weighted by atomic mass is 19.4. The molecule has 4 rings (SSSR count). The second kappa shape index (κ2) is 8.19. The molecule has 1 fully saturated rings. The van der Waals surface area contributed by atoms with E-state index in [0.717, 1.165) is 17.3 Å². The number of fused-ring (bicyclic) bond motifs is 3. The predicted octanol–water partition coefficient (Wildman–Crippen LogP) is 5.43. The Morgan fingerprint density at radius 3 is 2.45 bits per heavy atom. The minimum atomic E-state index is -4.40. The molecule has 0 spiro atoms. The van der Waals surface area contributed by atoms with Crippen LogP contribution in [0.5, 0.6) is 0 Å². The third kappa shape index (κ3) is 4.28. The maximum atomic E-state index is 13.4. The molecule has 166 valence electrons. The minimum Gasteiger partial charge on any atom is -0.480 e. The van der Waals surface area contributed by atoms with Crippen LogP contribution in [0.4, 0.5) is 18.9 Å². The maximum Gasteiger partial charge on any atom is 0.416 e. The lowest BCUT2D eigenvalue weighted by molar-refractivity contribution is -0.141. The van der Waals surface area contributed by atoms with E-state index in [1.807, 2.05) is 44.2 Å². The molecule has 0 amide bonds. The lowest BCUT2D eigenvalue weighted by Crippen LogP contribution is -2.45. The van der Waals surface area contributed by atoms with Gasteiger partial charge in [-0.15, -0.1) is 0 Å². The summed E-state index contributed by atoms with van der Waals surface area (Å²) >= 11 is 0. The van der Waals surface area contributed by atoms with Gasteiger partial charge in [0.15, 0.2) is 0 Å². The van der Waals surface area contributed by atoms with Gasteiger partial charge in [0.2, 0.25) is 0 Å². The lowest BCUT2D eigenvalue weighted by atomic mass is 9.77. The van der Waals surface area contributed by atoms with Gasteiger partial charge in [-0.3, -0.25) is 4.79 Å². The number of anilines is 1. The number of halogens is 3. The van der Waals surface area contributed by atoms with Crippen LogP contribution in [0.1, 0.15) is 55.3 Å². The van der Waals surface area contributed by atoms with E-state index >= 15 is 0 Å². The van der Waals surface area contributed by atoms with Crippen molar-refractivity contribution in [2.24, 2.45) is 11.8 Å². The molecule has 7 heteroatoms. The molecule has 0 aromatic heterocycles. The molecular formula is C24H27F3N2O2. The zero-order valence-electron chi connectivity index (χ0n) is 17.5. The molecule has 0 saturated heterocycles. The van der Waals surface area contributed by atoms with Crippen LogP contribution in [0, 0.1) is 11.8 Å². The highest BCUT2D eigenvalue weighted by Crippen LogP contribution is 2.53. The third-order valence-corrected chi connectivity index (χ3v) is 6.64. The van der Waals surface area contributed by atoms with Crippen LogP contribution in [0.3, 0.4) is 0 Å². The van der Waals surface area contributed by atoms with Gasteiger partial charge in [0, 0.05) is 11.7 Å². The topological polar surface area (TPSA) is 61.4 Å². The second-order valence-corrected chi connectivity index (χ2v) is 9.00. The number of carboxylic acids is 1. The number of hydrogen-bond donors (Lipinski definition) is 3. The van der Waals surface area contributed by atoms with Gasteiger partial charge < -0.3 is 15.7 Å². The van der Waals surface area contributed by atoms with Crippen LogP contribution >= 0.6 is 0 Å². The summed E-state index contributed by atoms with van der Waals surface area (Å²) in [6.45, 7) is 3.71. The number of nitrogens with one attached hydrogen (secondary N) is 2. The molecule has 0 radical (unpaired) electrons. The van der Waals surface area contributed by atoms with Crippen molar-refractivity contribution < 1.29 is 23.1 Å². The Hall–Kier alpha value is -2.54. The summed E-state index contributed by atoms with van der Waals surface area (Å²) in [4.78, 5) is 11.7. The number of carboxylic acid groups (broad SMARTS) is 1. The highest BCUT2D eigenvalue weighted by molar-refractivity contribution is 5.73. The first-order valence-electron chi connectivity index (χ1n) is 10.7. The number of alkyl halides is 3. The van der Waals surface area contributed by atoms with Crippen LogP contribution in [0.15, 0.2) is 48.5 Å². The van der Waals surface area contributed by atoms with E-state index in [4.69, 9.17) is 0 Å². The van der Waals surface area contributed by atoms with E-state index in [0.29, 0.717) is 18.4 Å². The molecule has 2 aliphatic rings. The van der Waals surface area contributed by atoms with Gasteiger partial charge in [0.05, 0.1) is 11.6 Å². The van der Waals surface area contributed by atoms with Crippen LogP contribution in [-0.4, -0.2) is 23.2 Å². The van der Waals surface area contributed by atoms with Gasteiger partial charge in [-0.05, 0) is 59.9 Å². The second-order valence-electron chi connectivity index (χ2n) is 9.00. The standard InChI is InChI=1S/C24H27F3N2O2/c1-13(2)21(23(30)31)28-16-11-17-18-10-15(24(25,26)27)8-9-20(18)29-22(19(17)12-16)14-6-4-3-5-7-14/h3-10,13,16-17,19,21-22,28-29H,11-12H2,1-2H3,(H,30,31)/t16?,17-,19-,21?,22+/m1/s1. The molecule has 2 unspecified atom stereocenters. The molecule has 2 aromatic rings.